The minimum Gasteiger partial charge on any atom is -0.480 e. The summed E-state index contributed by atoms with van der Waals surface area (Å²) in [5.74, 6) is -1.82. The quantitative estimate of drug-likeness (QED) is 0.639. The Kier molecular flexibility index (Phi) is 3.14. The molecule has 6 nitrogen and oxygen atoms in total. The van der Waals surface area contributed by atoms with Gasteiger partial charge in [-0.1, -0.05) is 0 Å². The first-order valence-corrected chi connectivity index (χ1v) is 5.41. The van der Waals surface area contributed by atoms with E-state index in [1.165, 1.54) is 17.0 Å². The normalized spacial score (nSPS) is 14.3. The molecular weight excluding hydrogens is 243 g/mol. The molecule has 0 aromatic heterocycles. The Balaban J connectivity index is 2.30. The summed E-state index contributed by atoms with van der Waals surface area (Å²) in [6.45, 7) is -0.306. The first-order valence-electron chi connectivity index (χ1n) is 5.41. The molecule has 2 rings (SSSR count). The number of nitro groups is 1. The summed E-state index contributed by atoms with van der Waals surface area (Å²) in [5, 5.41) is 19.3. The molecule has 0 saturated heterocycles. The minimum absolute atomic E-state index is 0.0112. The van der Waals surface area contributed by atoms with Crippen molar-refractivity contribution in [2.45, 2.75) is 18.9 Å². The lowest BCUT2D eigenvalue weighted by Crippen LogP contribution is -2.32. The topological polar surface area (TPSA) is 83.7 Å². The summed E-state index contributed by atoms with van der Waals surface area (Å²) in [4.78, 5) is 22.0. The molecule has 0 amide bonds. The zero-order valence-electron chi connectivity index (χ0n) is 9.38. The number of anilines is 1. The van der Waals surface area contributed by atoms with Gasteiger partial charge in [0.2, 0.25) is 0 Å². The van der Waals surface area contributed by atoms with Crippen LogP contribution in [0, 0.1) is 15.9 Å². The summed E-state index contributed by atoms with van der Waals surface area (Å²) in [7, 11) is 0. The Morgan fingerprint density at radius 3 is 2.67 bits per heavy atom. The number of nitrogens with zero attached hydrogens (tertiary/aromatic N) is 2. The van der Waals surface area contributed by atoms with Gasteiger partial charge >= 0.3 is 5.97 Å². The van der Waals surface area contributed by atoms with Crippen LogP contribution in [0.2, 0.25) is 0 Å². The molecule has 7 heteroatoms. The Morgan fingerprint density at radius 2 is 2.22 bits per heavy atom. The summed E-state index contributed by atoms with van der Waals surface area (Å²) in [5.41, 5.74) is -0.243. The van der Waals surface area contributed by atoms with Gasteiger partial charge in [-0.25, -0.2) is 4.39 Å². The van der Waals surface area contributed by atoms with Crippen LogP contribution >= 0.6 is 0 Å². The maximum atomic E-state index is 13.8. The van der Waals surface area contributed by atoms with Crippen LogP contribution in [-0.2, 0) is 4.79 Å². The van der Waals surface area contributed by atoms with Gasteiger partial charge in [0.25, 0.3) is 5.69 Å². The fraction of sp³-hybridized carbons (Fsp3) is 0.364. The van der Waals surface area contributed by atoms with Crippen molar-refractivity contribution < 1.29 is 19.2 Å². The van der Waals surface area contributed by atoms with Gasteiger partial charge in [0, 0.05) is 12.1 Å². The van der Waals surface area contributed by atoms with E-state index >= 15 is 0 Å². The Hall–Kier alpha value is -2.18. The van der Waals surface area contributed by atoms with Crippen LogP contribution in [0.5, 0.6) is 0 Å². The number of aliphatic carboxylic acids is 1. The van der Waals surface area contributed by atoms with Crippen molar-refractivity contribution >= 4 is 17.3 Å². The maximum absolute atomic E-state index is 13.8. The molecule has 96 valence electrons. The molecule has 18 heavy (non-hydrogen) atoms. The third-order valence-electron chi connectivity index (χ3n) is 2.74. The van der Waals surface area contributed by atoms with E-state index < -0.39 is 16.7 Å². The number of halogens is 1. The van der Waals surface area contributed by atoms with Gasteiger partial charge in [0.1, 0.15) is 6.54 Å². The number of rotatable bonds is 5. The van der Waals surface area contributed by atoms with Gasteiger partial charge in [0.05, 0.1) is 16.7 Å². The number of benzene rings is 1. The largest absolute Gasteiger partial charge is 0.480 e. The second-order valence-electron chi connectivity index (χ2n) is 4.15. The van der Waals surface area contributed by atoms with Crippen molar-refractivity contribution in [2.75, 3.05) is 11.4 Å². The molecule has 1 aromatic rings. The van der Waals surface area contributed by atoms with Crippen LogP contribution in [-0.4, -0.2) is 28.6 Å². The zero-order valence-corrected chi connectivity index (χ0v) is 9.38. The molecule has 1 fully saturated rings. The van der Waals surface area contributed by atoms with Crippen LogP contribution in [0.15, 0.2) is 18.2 Å². The fourth-order valence-corrected chi connectivity index (χ4v) is 1.79. The summed E-state index contributed by atoms with van der Waals surface area (Å²) in [6.07, 6.45) is 1.62. The van der Waals surface area contributed by atoms with E-state index in [1.807, 2.05) is 0 Å². The van der Waals surface area contributed by atoms with Crippen LogP contribution in [0.4, 0.5) is 15.8 Å². The van der Waals surface area contributed by atoms with Crippen molar-refractivity contribution in [3.63, 3.8) is 0 Å². The highest BCUT2D eigenvalue weighted by Crippen LogP contribution is 2.34. The SMILES string of the molecule is O=C(O)CN(c1ccc([N+](=O)[O-])cc1F)C1CC1. The highest BCUT2D eigenvalue weighted by atomic mass is 19.1. The van der Waals surface area contributed by atoms with Crippen LogP contribution in [0.25, 0.3) is 0 Å². The molecule has 1 aliphatic rings. The fourth-order valence-electron chi connectivity index (χ4n) is 1.79. The average molecular weight is 254 g/mol. The lowest BCUT2D eigenvalue weighted by Gasteiger charge is -2.22. The Morgan fingerprint density at radius 1 is 1.56 bits per heavy atom. The van der Waals surface area contributed by atoms with Crippen molar-refractivity contribution in [1.29, 1.82) is 0 Å². The van der Waals surface area contributed by atoms with Crippen molar-refractivity contribution in [2.24, 2.45) is 0 Å². The van der Waals surface area contributed by atoms with E-state index in [9.17, 15) is 19.3 Å². The number of hydrogen-bond donors (Lipinski definition) is 1. The van der Waals surface area contributed by atoms with Crippen molar-refractivity contribution in [1.82, 2.24) is 0 Å². The molecule has 1 N–H and O–H groups in total. The molecule has 0 unspecified atom stereocenters. The number of carboxylic acids is 1. The highest BCUT2D eigenvalue weighted by Gasteiger charge is 2.32. The molecule has 1 aromatic carbocycles. The Bertz CT molecular complexity index is 502. The van der Waals surface area contributed by atoms with Gasteiger partial charge < -0.3 is 10.0 Å². The summed E-state index contributed by atoms with van der Waals surface area (Å²) >= 11 is 0. The molecule has 0 radical (unpaired) electrons. The van der Waals surface area contributed by atoms with E-state index in [0.29, 0.717) is 0 Å². The molecule has 1 aliphatic carbocycles. The number of non-ortho nitro benzene ring substituents is 1. The molecule has 1 saturated carbocycles. The number of carboxylic acid groups (broad SMARTS) is 1. The highest BCUT2D eigenvalue weighted by molar-refractivity contribution is 5.74. The van der Waals surface area contributed by atoms with Crippen LogP contribution in [0.3, 0.4) is 0 Å². The van der Waals surface area contributed by atoms with Gasteiger partial charge in [-0.05, 0) is 18.9 Å². The number of carbonyl (C=O) groups is 1. The number of nitro benzene ring substituents is 1. The van der Waals surface area contributed by atoms with E-state index in [1.54, 1.807) is 0 Å². The van der Waals surface area contributed by atoms with E-state index in [4.69, 9.17) is 5.11 Å². The molecule has 0 heterocycles. The predicted octanol–water partition coefficient (Wildman–Crippen LogP) is 1.79. The number of hydrogen-bond acceptors (Lipinski definition) is 4. The minimum atomic E-state index is -1.06. The van der Waals surface area contributed by atoms with E-state index in [2.05, 4.69) is 0 Å². The van der Waals surface area contributed by atoms with E-state index in [-0.39, 0.29) is 24.0 Å². The summed E-state index contributed by atoms with van der Waals surface area (Å²) < 4.78 is 13.8. The van der Waals surface area contributed by atoms with Gasteiger partial charge in [-0.3, -0.25) is 14.9 Å². The molecule has 0 bridgehead atoms. The first-order chi connectivity index (χ1) is 8.49. The summed E-state index contributed by atoms with van der Waals surface area (Å²) in [6, 6.07) is 3.26. The molecule has 0 atom stereocenters. The molecule has 0 aliphatic heterocycles. The third kappa shape index (κ3) is 2.55. The lowest BCUT2D eigenvalue weighted by molar-refractivity contribution is -0.385. The standard InChI is InChI=1S/C11H11FN2O4/c12-9-5-8(14(17)18)3-4-10(9)13(6-11(15)16)7-1-2-7/h3-5,7H,1-2,6H2,(H,15,16). The zero-order chi connectivity index (χ0) is 13.3. The second kappa shape index (κ2) is 4.59. The van der Waals surface area contributed by atoms with Gasteiger partial charge in [-0.2, -0.15) is 0 Å². The van der Waals surface area contributed by atoms with Gasteiger partial charge in [-0.15, -0.1) is 0 Å². The predicted molar refractivity (Wildman–Crippen MR) is 61.1 cm³/mol. The van der Waals surface area contributed by atoms with Crippen LogP contribution < -0.4 is 4.90 Å². The Labute approximate surface area is 102 Å². The van der Waals surface area contributed by atoms with Crippen molar-refractivity contribution in [3.05, 3.63) is 34.1 Å². The molecule has 0 spiro atoms. The maximum Gasteiger partial charge on any atom is 0.323 e. The monoisotopic (exact) mass is 254 g/mol. The lowest BCUT2D eigenvalue weighted by atomic mass is 10.2. The van der Waals surface area contributed by atoms with E-state index in [0.717, 1.165) is 18.9 Å². The average Bonchev–Trinajstić information content (AvgIpc) is 3.09. The molecular formula is C11H11FN2O4. The van der Waals surface area contributed by atoms with Gasteiger partial charge in [0.15, 0.2) is 5.82 Å². The van der Waals surface area contributed by atoms with Crippen LogP contribution in [0.1, 0.15) is 12.8 Å². The van der Waals surface area contributed by atoms with Crippen molar-refractivity contribution in [3.8, 4) is 0 Å². The third-order valence-corrected chi connectivity index (χ3v) is 2.74. The second-order valence-corrected chi connectivity index (χ2v) is 4.15. The smallest absolute Gasteiger partial charge is 0.323 e. The first kappa shape index (κ1) is 12.3.